The summed E-state index contributed by atoms with van der Waals surface area (Å²) < 4.78 is 20.6. The van der Waals surface area contributed by atoms with Crippen LogP contribution in [0.5, 0.6) is 0 Å². The second kappa shape index (κ2) is 13.4. The van der Waals surface area contributed by atoms with Crippen LogP contribution in [0.15, 0.2) is 34.0 Å². The van der Waals surface area contributed by atoms with Crippen molar-refractivity contribution in [1.82, 2.24) is 9.47 Å². The molecule has 8 nitrogen and oxygen atoms in total. The highest BCUT2D eigenvalue weighted by molar-refractivity contribution is 8.26. The molecule has 1 aromatic heterocycles. The minimum absolute atomic E-state index is 0.0410. The van der Waals surface area contributed by atoms with E-state index in [4.69, 9.17) is 17.0 Å². The summed E-state index contributed by atoms with van der Waals surface area (Å²) in [6.45, 7) is 7.53. The zero-order valence-electron chi connectivity index (χ0n) is 23.4. The van der Waals surface area contributed by atoms with Crippen LogP contribution in [0, 0.1) is 30.0 Å². The number of amides is 1. The van der Waals surface area contributed by atoms with E-state index in [1.54, 1.807) is 36.6 Å². The Labute approximate surface area is 248 Å². The molecule has 11 heteroatoms. The first kappa shape index (κ1) is 30.5. The fourth-order valence-electron chi connectivity index (χ4n) is 5.14. The second-order valence-electron chi connectivity index (χ2n) is 10.1. The maximum absolute atomic E-state index is 13.5. The molecule has 2 fully saturated rings. The number of aromatic nitrogens is 1. The van der Waals surface area contributed by atoms with E-state index in [9.17, 15) is 24.0 Å². The van der Waals surface area contributed by atoms with Crippen molar-refractivity contribution in [1.29, 1.82) is 5.26 Å². The first-order valence-electron chi connectivity index (χ1n) is 13.8. The molecule has 4 rings (SSSR count). The van der Waals surface area contributed by atoms with Gasteiger partial charge in [-0.2, -0.15) is 5.26 Å². The van der Waals surface area contributed by atoms with Crippen LogP contribution in [-0.2, 0) is 27.4 Å². The van der Waals surface area contributed by atoms with Gasteiger partial charge in [0.05, 0.1) is 24.0 Å². The Morgan fingerprint density at radius 3 is 2.51 bits per heavy atom. The molecule has 41 heavy (non-hydrogen) atoms. The zero-order valence-corrected chi connectivity index (χ0v) is 25.1. The normalized spacial score (nSPS) is 16.9. The lowest BCUT2D eigenvalue weighted by molar-refractivity contribution is -0.148. The third-order valence-electron chi connectivity index (χ3n) is 7.40. The molecule has 0 N–H and O–H groups in total. The van der Waals surface area contributed by atoms with Gasteiger partial charge >= 0.3 is 5.97 Å². The van der Waals surface area contributed by atoms with Gasteiger partial charge in [0.15, 0.2) is 0 Å². The van der Waals surface area contributed by atoms with Gasteiger partial charge in [0.2, 0.25) is 0 Å². The highest BCUT2D eigenvalue weighted by Gasteiger charge is 2.34. The number of piperidine rings is 1. The van der Waals surface area contributed by atoms with Crippen molar-refractivity contribution < 1.29 is 18.7 Å². The van der Waals surface area contributed by atoms with Crippen molar-refractivity contribution in [2.24, 2.45) is 5.92 Å². The van der Waals surface area contributed by atoms with E-state index < -0.39 is 0 Å². The summed E-state index contributed by atoms with van der Waals surface area (Å²) in [5.41, 5.74) is 1.54. The largest absolute Gasteiger partial charge is 0.466 e. The molecule has 0 atom stereocenters. The lowest BCUT2D eigenvalue weighted by Crippen LogP contribution is -2.41. The quantitative estimate of drug-likeness (QED) is 0.223. The number of nitrogens with zero attached hydrogens (tertiary/aromatic N) is 4. The Kier molecular flexibility index (Phi) is 9.99. The van der Waals surface area contributed by atoms with Crippen LogP contribution < -0.4 is 10.5 Å². The first-order chi connectivity index (χ1) is 19.7. The van der Waals surface area contributed by atoms with Crippen molar-refractivity contribution >= 4 is 52.1 Å². The van der Waals surface area contributed by atoms with E-state index in [0.29, 0.717) is 65.3 Å². The van der Waals surface area contributed by atoms with Crippen LogP contribution in [-0.4, -0.2) is 45.4 Å². The molecule has 2 aliphatic heterocycles. The summed E-state index contributed by atoms with van der Waals surface area (Å²) in [5.74, 6) is -0.435. The Morgan fingerprint density at radius 1 is 1.22 bits per heavy atom. The number of carbonyl (C=O) groups excluding carboxylic acids is 2. The molecule has 216 valence electrons. The molecule has 0 saturated carbocycles. The average Bonchev–Trinajstić information content (AvgIpc) is 3.22. The number of halogens is 1. The summed E-state index contributed by atoms with van der Waals surface area (Å²) in [6.07, 6.45) is 4.45. The van der Waals surface area contributed by atoms with Gasteiger partial charge < -0.3 is 9.64 Å². The lowest BCUT2D eigenvalue weighted by Gasteiger charge is -2.35. The number of thiocarbonyl (C=S) groups is 1. The molecule has 3 heterocycles. The molecule has 0 bridgehead atoms. The predicted molar refractivity (Wildman–Crippen MR) is 162 cm³/mol. The van der Waals surface area contributed by atoms with Crippen LogP contribution >= 0.6 is 24.0 Å². The van der Waals surface area contributed by atoms with Crippen LogP contribution in [0.3, 0.4) is 0 Å². The number of esters is 1. The number of anilines is 1. The van der Waals surface area contributed by atoms with Crippen LogP contribution in [0.4, 0.5) is 10.2 Å². The van der Waals surface area contributed by atoms with Crippen molar-refractivity contribution in [3.05, 3.63) is 67.6 Å². The molecule has 0 radical (unpaired) electrons. The van der Waals surface area contributed by atoms with E-state index in [2.05, 4.69) is 11.0 Å². The second-order valence-corrected chi connectivity index (χ2v) is 11.7. The average molecular weight is 597 g/mol. The minimum atomic E-state index is -0.361. The molecule has 2 aromatic rings. The van der Waals surface area contributed by atoms with Gasteiger partial charge in [-0.1, -0.05) is 49.5 Å². The fraction of sp³-hybridized carbons (Fsp3) is 0.433. The van der Waals surface area contributed by atoms with E-state index in [0.717, 1.165) is 30.2 Å². The SMILES string of the molecule is CCCCn1c(N2CCC(C(=O)OCC)CC2)c(C=C2SC(=S)N(Cc3ccc(F)cc3)C2=O)c(C)c(C#N)c1=O. The van der Waals surface area contributed by atoms with Gasteiger partial charge in [0, 0.05) is 25.2 Å². The maximum Gasteiger partial charge on any atom is 0.309 e. The zero-order chi connectivity index (χ0) is 29.7. The number of thioether (sulfide) groups is 1. The highest BCUT2D eigenvalue weighted by Crippen LogP contribution is 2.37. The molecule has 0 spiro atoms. The van der Waals surface area contributed by atoms with E-state index in [1.807, 2.05) is 6.92 Å². The Balaban J connectivity index is 1.76. The number of unbranched alkanes of at least 4 members (excludes halogenated alkanes) is 1. The fourth-order valence-corrected chi connectivity index (χ4v) is 6.37. The van der Waals surface area contributed by atoms with Crippen molar-refractivity contribution in [3.63, 3.8) is 0 Å². The summed E-state index contributed by atoms with van der Waals surface area (Å²) in [4.78, 5) is 43.3. The number of hydrogen-bond donors (Lipinski definition) is 0. The van der Waals surface area contributed by atoms with Gasteiger partial charge in [0.25, 0.3) is 11.5 Å². The van der Waals surface area contributed by atoms with E-state index in [-0.39, 0.29) is 41.3 Å². The van der Waals surface area contributed by atoms with Crippen molar-refractivity contribution in [3.8, 4) is 6.07 Å². The number of carbonyl (C=O) groups is 2. The molecule has 1 aromatic carbocycles. The highest BCUT2D eigenvalue weighted by atomic mass is 32.2. The molecular weight excluding hydrogens is 563 g/mol. The summed E-state index contributed by atoms with van der Waals surface area (Å²) in [6, 6.07) is 7.98. The smallest absolute Gasteiger partial charge is 0.309 e. The molecule has 0 aliphatic carbocycles. The topological polar surface area (TPSA) is 95.6 Å². The van der Waals surface area contributed by atoms with Crippen LogP contribution in [0.25, 0.3) is 6.08 Å². The molecule has 2 saturated heterocycles. The summed E-state index contributed by atoms with van der Waals surface area (Å²) in [7, 11) is 0. The molecule has 1 amide bonds. The van der Waals surface area contributed by atoms with Crippen LogP contribution in [0.2, 0.25) is 0 Å². The van der Waals surface area contributed by atoms with Crippen molar-refractivity contribution in [2.75, 3.05) is 24.6 Å². The van der Waals surface area contributed by atoms with Gasteiger partial charge in [-0.25, -0.2) is 4.39 Å². The van der Waals surface area contributed by atoms with Gasteiger partial charge in [-0.15, -0.1) is 0 Å². The standard InChI is InChI=1S/C30H33FN4O4S2/c1-4-6-13-34-26(33-14-11-21(12-15-33)29(38)39-5-2)23(19(3)24(17-32)27(34)36)16-25-28(37)35(30(40)41-25)18-20-7-9-22(31)10-8-20/h7-10,16,21H,4-6,11-15,18H2,1-3H3. The number of benzene rings is 1. The minimum Gasteiger partial charge on any atom is -0.466 e. The monoisotopic (exact) mass is 596 g/mol. The number of ether oxygens (including phenoxy) is 1. The van der Waals surface area contributed by atoms with Crippen molar-refractivity contribution in [2.45, 2.75) is 59.5 Å². The summed E-state index contributed by atoms with van der Waals surface area (Å²) >= 11 is 6.69. The van der Waals surface area contributed by atoms with Crippen LogP contribution in [0.1, 0.15) is 61.8 Å². The summed E-state index contributed by atoms with van der Waals surface area (Å²) in [5, 5.41) is 9.92. The number of nitriles is 1. The third kappa shape index (κ3) is 6.54. The predicted octanol–water partition coefficient (Wildman–Crippen LogP) is 5.15. The molecule has 0 unspecified atom stereocenters. The first-order valence-corrected chi connectivity index (χ1v) is 15.0. The molecular formula is C30H33FN4O4S2. The van der Waals surface area contributed by atoms with E-state index in [1.165, 1.54) is 17.0 Å². The number of hydrogen-bond acceptors (Lipinski definition) is 8. The van der Waals surface area contributed by atoms with Gasteiger partial charge in [0.1, 0.15) is 27.6 Å². The maximum atomic E-state index is 13.5. The number of pyridine rings is 1. The van der Waals surface area contributed by atoms with Gasteiger partial charge in [-0.05, 0) is 62.4 Å². The Hall–Kier alpha value is -3.49. The molecule has 2 aliphatic rings. The Morgan fingerprint density at radius 2 is 1.90 bits per heavy atom. The lowest BCUT2D eigenvalue weighted by atomic mass is 9.95. The van der Waals surface area contributed by atoms with Gasteiger partial charge in [-0.3, -0.25) is 23.9 Å². The number of rotatable bonds is 9. The van der Waals surface area contributed by atoms with E-state index >= 15 is 0 Å². The third-order valence-corrected chi connectivity index (χ3v) is 8.78. The Bertz CT molecular complexity index is 1470.